The average Bonchev–Trinajstić information content (AvgIpc) is 2.78. The van der Waals surface area contributed by atoms with E-state index in [9.17, 15) is 9.59 Å². The number of esters is 1. The van der Waals surface area contributed by atoms with Crippen LogP contribution >= 0.6 is 23.2 Å². The molecule has 0 spiro atoms. The van der Waals surface area contributed by atoms with Crippen LogP contribution in [0.3, 0.4) is 0 Å². The molecule has 6 nitrogen and oxygen atoms in total. The Kier molecular flexibility index (Phi) is 10.5. The Labute approximate surface area is 198 Å². The minimum atomic E-state index is -0.971. The van der Waals surface area contributed by atoms with Gasteiger partial charge in [-0.15, -0.1) is 0 Å². The fourth-order valence-corrected chi connectivity index (χ4v) is 3.35. The molecule has 0 radical (unpaired) electrons. The lowest BCUT2D eigenvalue weighted by atomic mass is 10.1. The number of benzene rings is 2. The first-order chi connectivity index (χ1) is 15.4. The van der Waals surface area contributed by atoms with Gasteiger partial charge in [0.2, 0.25) is 0 Å². The molecule has 0 heterocycles. The van der Waals surface area contributed by atoms with Crippen LogP contribution in [0.4, 0.5) is 0 Å². The number of carbonyl (C=O) groups is 2. The third-order valence-corrected chi connectivity index (χ3v) is 5.19. The molecule has 2 rings (SSSR count). The number of ether oxygens (including phenoxy) is 3. The van der Waals surface area contributed by atoms with Gasteiger partial charge in [0.05, 0.1) is 42.0 Å². The lowest BCUT2D eigenvalue weighted by Gasteiger charge is -2.15. The van der Waals surface area contributed by atoms with Crippen LogP contribution in [-0.2, 0) is 19.0 Å². The predicted octanol–water partition coefficient (Wildman–Crippen LogP) is 4.43. The van der Waals surface area contributed by atoms with Crippen LogP contribution in [-0.4, -0.2) is 45.4 Å². The Morgan fingerprint density at radius 2 is 1.69 bits per heavy atom. The van der Waals surface area contributed by atoms with Crippen molar-refractivity contribution in [3.8, 4) is 11.8 Å². The number of hydrogen-bond acceptors (Lipinski definition) is 5. The number of carbonyl (C=O) groups excluding carboxylic acids is 2. The highest BCUT2D eigenvalue weighted by Gasteiger charge is 2.23. The van der Waals surface area contributed by atoms with Crippen LogP contribution in [0.2, 0.25) is 10.0 Å². The van der Waals surface area contributed by atoms with Gasteiger partial charge in [0, 0.05) is 19.1 Å². The number of halogens is 2. The number of rotatable bonds is 9. The minimum absolute atomic E-state index is 0.0543. The lowest BCUT2D eigenvalue weighted by Crippen LogP contribution is -2.41. The molecule has 0 saturated heterocycles. The minimum Gasteiger partial charge on any atom is -0.467 e. The van der Waals surface area contributed by atoms with E-state index < -0.39 is 17.9 Å². The molecule has 0 saturated carbocycles. The highest BCUT2D eigenvalue weighted by Crippen LogP contribution is 2.24. The van der Waals surface area contributed by atoms with Crippen molar-refractivity contribution in [2.24, 2.45) is 0 Å². The normalized spacial score (nSPS) is 12.3. The smallest absolute Gasteiger partial charge is 0.329 e. The highest BCUT2D eigenvalue weighted by atomic mass is 35.5. The van der Waals surface area contributed by atoms with Crippen LogP contribution in [0, 0.1) is 11.8 Å². The van der Waals surface area contributed by atoms with Crippen molar-refractivity contribution in [2.45, 2.75) is 25.5 Å². The van der Waals surface area contributed by atoms with Gasteiger partial charge in [-0.05, 0) is 36.8 Å². The summed E-state index contributed by atoms with van der Waals surface area (Å²) in [4.78, 5) is 24.7. The van der Waals surface area contributed by atoms with Crippen molar-refractivity contribution in [2.75, 3.05) is 27.4 Å². The molecule has 0 aliphatic carbocycles. The van der Waals surface area contributed by atoms with Crippen molar-refractivity contribution in [1.82, 2.24) is 5.32 Å². The van der Waals surface area contributed by atoms with Gasteiger partial charge in [-0.2, -0.15) is 0 Å². The van der Waals surface area contributed by atoms with E-state index in [2.05, 4.69) is 17.2 Å². The molecule has 0 fully saturated rings. The van der Waals surface area contributed by atoms with Crippen molar-refractivity contribution < 1.29 is 23.8 Å². The number of nitrogens with one attached hydrogen (secondary N) is 1. The summed E-state index contributed by atoms with van der Waals surface area (Å²) < 4.78 is 15.4. The molecule has 1 amide bonds. The Hall–Kier alpha value is -2.56. The van der Waals surface area contributed by atoms with Crippen molar-refractivity contribution in [1.29, 1.82) is 0 Å². The zero-order valence-electron chi connectivity index (χ0n) is 18.1. The molecular formula is C24H25Cl2NO5. The summed E-state index contributed by atoms with van der Waals surface area (Å²) in [7, 11) is 2.87. The number of methoxy groups -OCH3 is 2. The zero-order chi connectivity index (χ0) is 23.5. The fourth-order valence-electron chi connectivity index (χ4n) is 2.78. The molecule has 32 heavy (non-hydrogen) atoms. The van der Waals surface area contributed by atoms with Gasteiger partial charge in [-0.3, -0.25) is 4.79 Å². The van der Waals surface area contributed by atoms with Gasteiger partial charge < -0.3 is 19.5 Å². The molecule has 170 valence electrons. The second-order valence-corrected chi connectivity index (χ2v) is 7.59. The summed E-state index contributed by atoms with van der Waals surface area (Å²) in [6.45, 7) is 3.01. The molecule has 0 aromatic heterocycles. The van der Waals surface area contributed by atoms with Gasteiger partial charge in [-0.25, -0.2) is 4.79 Å². The van der Waals surface area contributed by atoms with Crippen molar-refractivity contribution in [3.63, 3.8) is 0 Å². The van der Waals surface area contributed by atoms with Gasteiger partial charge >= 0.3 is 5.97 Å². The standard InChI is InChI=1S/C24H25Cl2NO5/c1-16(32-15-14-30-2)18-12-10-17(11-13-18)6-4-9-21(24(29)31-3)27-23(28)22-19(25)7-5-8-20(22)26/h5,7-8,10-13,16,21H,9,14-15H2,1-3H3,(H,27,28). The third kappa shape index (κ3) is 7.54. The molecule has 0 bridgehead atoms. The molecule has 1 N–H and O–H groups in total. The van der Waals surface area contributed by atoms with E-state index >= 15 is 0 Å². The molecule has 2 unspecified atom stereocenters. The Balaban J connectivity index is 2.04. The van der Waals surface area contributed by atoms with E-state index in [1.165, 1.54) is 7.11 Å². The monoisotopic (exact) mass is 477 g/mol. The molecule has 2 aromatic rings. The van der Waals surface area contributed by atoms with Crippen LogP contribution < -0.4 is 5.32 Å². The highest BCUT2D eigenvalue weighted by molar-refractivity contribution is 6.39. The molecule has 2 aromatic carbocycles. The maximum atomic E-state index is 12.6. The topological polar surface area (TPSA) is 73.9 Å². The summed E-state index contributed by atoms with van der Waals surface area (Å²) in [6, 6.07) is 11.3. The quantitative estimate of drug-likeness (QED) is 0.328. The predicted molar refractivity (Wildman–Crippen MR) is 124 cm³/mol. The van der Waals surface area contributed by atoms with Gasteiger partial charge in [0.1, 0.15) is 6.04 Å². The SMILES string of the molecule is COCCOC(C)c1ccc(C#CCC(NC(=O)c2c(Cl)cccc2Cl)C(=O)OC)cc1. The molecule has 0 aliphatic rings. The maximum absolute atomic E-state index is 12.6. The first kappa shape index (κ1) is 25.7. The largest absolute Gasteiger partial charge is 0.467 e. The second-order valence-electron chi connectivity index (χ2n) is 6.78. The van der Waals surface area contributed by atoms with E-state index in [0.717, 1.165) is 11.1 Å². The van der Waals surface area contributed by atoms with Gasteiger partial charge in [-0.1, -0.05) is 53.2 Å². The summed E-state index contributed by atoms with van der Waals surface area (Å²) in [5, 5.41) is 2.96. The number of hydrogen-bond donors (Lipinski definition) is 1. The van der Waals surface area contributed by atoms with E-state index in [-0.39, 0.29) is 28.1 Å². The summed E-state index contributed by atoms with van der Waals surface area (Å²) in [5.41, 5.74) is 1.88. The van der Waals surface area contributed by atoms with Crippen LogP contribution in [0.25, 0.3) is 0 Å². The average molecular weight is 478 g/mol. The van der Waals surface area contributed by atoms with Crippen LogP contribution in [0.1, 0.15) is 40.9 Å². The first-order valence-electron chi connectivity index (χ1n) is 9.89. The summed E-state index contributed by atoms with van der Waals surface area (Å²) >= 11 is 12.1. The Morgan fingerprint density at radius 3 is 2.28 bits per heavy atom. The van der Waals surface area contributed by atoms with Gasteiger partial charge in [0.25, 0.3) is 5.91 Å². The maximum Gasteiger partial charge on any atom is 0.329 e. The Morgan fingerprint density at radius 1 is 1.03 bits per heavy atom. The Bertz CT molecular complexity index is 962. The molecule has 2 atom stereocenters. The van der Waals surface area contributed by atoms with E-state index in [1.807, 2.05) is 31.2 Å². The van der Waals surface area contributed by atoms with E-state index in [1.54, 1.807) is 25.3 Å². The van der Waals surface area contributed by atoms with Crippen molar-refractivity contribution >= 4 is 35.1 Å². The van der Waals surface area contributed by atoms with Crippen LogP contribution in [0.5, 0.6) is 0 Å². The molecular weight excluding hydrogens is 453 g/mol. The molecule has 0 aliphatic heterocycles. The third-order valence-electron chi connectivity index (χ3n) is 4.56. The van der Waals surface area contributed by atoms with E-state index in [0.29, 0.717) is 13.2 Å². The summed E-state index contributed by atoms with van der Waals surface area (Å²) in [5.74, 6) is 4.70. The van der Waals surface area contributed by atoms with E-state index in [4.69, 9.17) is 37.4 Å². The second kappa shape index (κ2) is 13.1. The lowest BCUT2D eigenvalue weighted by molar-refractivity contribution is -0.142. The number of amides is 1. The van der Waals surface area contributed by atoms with Crippen molar-refractivity contribution in [3.05, 3.63) is 69.2 Å². The first-order valence-corrected chi connectivity index (χ1v) is 10.6. The fraction of sp³-hybridized carbons (Fsp3) is 0.333. The van der Waals surface area contributed by atoms with Crippen LogP contribution in [0.15, 0.2) is 42.5 Å². The molecule has 8 heteroatoms. The summed E-state index contributed by atoms with van der Waals surface area (Å²) in [6.07, 6.45) is -0.0126. The van der Waals surface area contributed by atoms with Gasteiger partial charge in [0.15, 0.2) is 0 Å². The zero-order valence-corrected chi connectivity index (χ0v) is 19.6.